The van der Waals surface area contributed by atoms with Crippen LogP contribution in [0.2, 0.25) is 0 Å². The maximum Gasteiger partial charge on any atom is 0.159 e. The normalized spacial score (nSPS) is 11.1. The first-order chi connectivity index (χ1) is 9.45. The van der Waals surface area contributed by atoms with Crippen LogP contribution in [0.25, 0.3) is 11.4 Å². The van der Waals surface area contributed by atoms with Gasteiger partial charge in [-0.2, -0.15) is 0 Å². The van der Waals surface area contributed by atoms with E-state index in [2.05, 4.69) is 45.1 Å². The Hall–Kier alpha value is -1.33. The number of nitrogens with one attached hydrogen (secondary N) is 1. The second-order valence-electron chi connectivity index (χ2n) is 4.99. The molecule has 1 heterocycles. The summed E-state index contributed by atoms with van der Waals surface area (Å²) in [6.45, 7) is 6.80. The number of aryl methyl sites for hydroxylation is 1. The van der Waals surface area contributed by atoms with Crippen LogP contribution in [-0.4, -0.2) is 16.0 Å². The number of benzene rings is 1. The van der Waals surface area contributed by atoms with Crippen molar-refractivity contribution in [2.24, 2.45) is 0 Å². The van der Waals surface area contributed by atoms with Gasteiger partial charge in [-0.15, -0.1) is 0 Å². The van der Waals surface area contributed by atoms with Gasteiger partial charge in [0.05, 0.1) is 10.2 Å². The molecule has 2 rings (SSSR count). The van der Waals surface area contributed by atoms with Crippen LogP contribution in [0.3, 0.4) is 0 Å². The summed E-state index contributed by atoms with van der Waals surface area (Å²) in [6.07, 6.45) is 0. The van der Waals surface area contributed by atoms with Crippen molar-refractivity contribution in [3.63, 3.8) is 0 Å². The molecule has 0 fully saturated rings. The zero-order valence-electron chi connectivity index (χ0n) is 11.7. The second kappa shape index (κ2) is 6.41. The molecular weight excluding hydrogens is 321 g/mol. The molecule has 0 bridgehead atoms. The first kappa shape index (κ1) is 15.1. The second-order valence-corrected chi connectivity index (χ2v) is 5.84. The van der Waals surface area contributed by atoms with E-state index in [4.69, 9.17) is 0 Å². The molecule has 0 aliphatic carbocycles. The fraction of sp³-hybridized carbons (Fsp3) is 0.333. The molecule has 0 amide bonds. The molecule has 0 radical (unpaired) electrons. The maximum absolute atomic E-state index is 13.3. The fourth-order valence-electron chi connectivity index (χ4n) is 1.80. The van der Waals surface area contributed by atoms with Crippen LogP contribution < -0.4 is 5.32 Å². The quantitative estimate of drug-likeness (QED) is 0.920. The Morgan fingerprint density at radius 2 is 2.00 bits per heavy atom. The van der Waals surface area contributed by atoms with E-state index >= 15 is 0 Å². The van der Waals surface area contributed by atoms with Crippen molar-refractivity contribution in [3.8, 4) is 11.4 Å². The molecule has 20 heavy (non-hydrogen) atoms. The van der Waals surface area contributed by atoms with Crippen molar-refractivity contribution >= 4 is 15.9 Å². The molecule has 0 saturated heterocycles. The summed E-state index contributed by atoms with van der Waals surface area (Å²) in [4.78, 5) is 8.95. The van der Waals surface area contributed by atoms with Gasteiger partial charge in [-0.25, -0.2) is 14.4 Å². The molecule has 0 aliphatic rings. The molecule has 3 nitrogen and oxygen atoms in total. The van der Waals surface area contributed by atoms with E-state index in [0.717, 1.165) is 17.0 Å². The highest BCUT2D eigenvalue weighted by Crippen LogP contribution is 2.23. The lowest BCUT2D eigenvalue weighted by molar-refractivity contribution is 0.580. The van der Waals surface area contributed by atoms with Crippen LogP contribution in [-0.2, 0) is 6.54 Å². The summed E-state index contributed by atoms with van der Waals surface area (Å²) in [5, 5.41) is 3.33. The van der Waals surface area contributed by atoms with E-state index in [0.29, 0.717) is 22.9 Å². The van der Waals surface area contributed by atoms with Crippen LogP contribution in [0.1, 0.15) is 25.2 Å². The smallest absolute Gasteiger partial charge is 0.159 e. The van der Waals surface area contributed by atoms with E-state index in [1.807, 2.05) is 13.0 Å². The SMILES string of the molecule is Cc1cc(CNC(C)C)nc(-c2ccc(F)c(Br)c2)n1. The summed E-state index contributed by atoms with van der Waals surface area (Å²) < 4.78 is 13.7. The fourth-order valence-corrected chi connectivity index (χ4v) is 2.18. The number of rotatable bonds is 4. The summed E-state index contributed by atoms with van der Waals surface area (Å²) in [5.41, 5.74) is 2.63. The van der Waals surface area contributed by atoms with Gasteiger partial charge in [0.1, 0.15) is 5.82 Å². The lowest BCUT2D eigenvalue weighted by Crippen LogP contribution is -2.22. The monoisotopic (exact) mass is 337 g/mol. The Bertz CT molecular complexity index is 614. The van der Waals surface area contributed by atoms with Crippen LogP contribution >= 0.6 is 15.9 Å². The predicted molar refractivity (Wildman–Crippen MR) is 81.8 cm³/mol. The van der Waals surface area contributed by atoms with E-state index in [9.17, 15) is 4.39 Å². The van der Waals surface area contributed by atoms with E-state index in [1.54, 1.807) is 12.1 Å². The lowest BCUT2D eigenvalue weighted by Gasteiger charge is -2.10. The summed E-state index contributed by atoms with van der Waals surface area (Å²) in [7, 11) is 0. The molecule has 1 N–H and O–H groups in total. The zero-order valence-corrected chi connectivity index (χ0v) is 13.3. The third-order valence-corrected chi connectivity index (χ3v) is 3.38. The highest BCUT2D eigenvalue weighted by atomic mass is 79.9. The molecule has 0 spiro atoms. The van der Waals surface area contributed by atoms with Crippen molar-refractivity contribution in [1.82, 2.24) is 15.3 Å². The minimum Gasteiger partial charge on any atom is -0.309 e. The van der Waals surface area contributed by atoms with Gasteiger partial charge in [0.2, 0.25) is 0 Å². The molecule has 106 valence electrons. The van der Waals surface area contributed by atoms with Crippen molar-refractivity contribution in [3.05, 3.63) is 45.9 Å². The number of hydrogen-bond donors (Lipinski definition) is 1. The molecule has 2 aromatic rings. The molecule has 5 heteroatoms. The van der Waals surface area contributed by atoms with Gasteiger partial charge in [0.25, 0.3) is 0 Å². The van der Waals surface area contributed by atoms with Crippen molar-refractivity contribution in [2.75, 3.05) is 0 Å². The van der Waals surface area contributed by atoms with Crippen LogP contribution in [0.4, 0.5) is 4.39 Å². The minimum atomic E-state index is -0.289. The van der Waals surface area contributed by atoms with E-state index in [-0.39, 0.29) is 5.82 Å². The molecule has 1 aromatic heterocycles. The van der Waals surface area contributed by atoms with Crippen LogP contribution in [0.5, 0.6) is 0 Å². The van der Waals surface area contributed by atoms with Gasteiger partial charge in [0.15, 0.2) is 5.82 Å². The van der Waals surface area contributed by atoms with Crippen LogP contribution in [0, 0.1) is 12.7 Å². The first-order valence-corrected chi connectivity index (χ1v) is 7.28. The van der Waals surface area contributed by atoms with Gasteiger partial charge < -0.3 is 5.32 Å². The number of hydrogen-bond acceptors (Lipinski definition) is 3. The minimum absolute atomic E-state index is 0.289. The lowest BCUT2D eigenvalue weighted by atomic mass is 10.2. The largest absolute Gasteiger partial charge is 0.309 e. The van der Waals surface area contributed by atoms with E-state index < -0.39 is 0 Å². The van der Waals surface area contributed by atoms with Crippen molar-refractivity contribution in [1.29, 1.82) is 0 Å². The third kappa shape index (κ3) is 3.84. The zero-order chi connectivity index (χ0) is 14.7. The van der Waals surface area contributed by atoms with Crippen molar-refractivity contribution < 1.29 is 4.39 Å². The molecule has 0 atom stereocenters. The highest BCUT2D eigenvalue weighted by Gasteiger charge is 2.08. The van der Waals surface area contributed by atoms with E-state index in [1.165, 1.54) is 6.07 Å². The Kier molecular flexibility index (Phi) is 4.83. The number of nitrogens with zero attached hydrogens (tertiary/aromatic N) is 2. The first-order valence-electron chi connectivity index (χ1n) is 6.49. The average molecular weight is 338 g/mol. The standard InChI is InChI=1S/C15H17BrFN3/c1-9(2)18-8-12-6-10(3)19-15(20-12)11-4-5-14(17)13(16)7-11/h4-7,9,18H,8H2,1-3H3. The van der Waals surface area contributed by atoms with Crippen LogP contribution in [0.15, 0.2) is 28.7 Å². The summed E-state index contributed by atoms with van der Waals surface area (Å²) in [6, 6.07) is 7.15. The average Bonchev–Trinajstić information content (AvgIpc) is 2.39. The predicted octanol–water partition coefficient (Wildman–Crippen LogP) is 3.85. The highest BCUT2D eigenvalue weighted by molar-refractivity contribution is 9.10. The molecule has 0 aliphatic heterocycles. The third-order valence-electron chi connectivity index (χ3n) is 2.78. The Morgan fingerprint density at radius 1 is 1.25 bits per heavy atom. The van der Waals surface area contributed by atoms with Gasteiger partial charge in [-0.1, -0.05) is 13.8 Å². The molecule has 0 unspecified atom stereocenters. The Labute approximate surface area is 126 Å². The van der Waals surface area contributed by atoms with Gasteiger partial charge in [-0.3, -0.25) is 0 Å². The van der Waals surface area contributed by atoms with Crippen molar-refractivity contribution in [2.45, 2.75) is 33.4 Å². The molecule has 1 aromatic carbocycles. The molecular formula is C15H17BrFN3. The number of aromatic nitrogens is 2. The number of halogens is 2. The maximum atomic E-state index is 13.3. The Balaban J connectivity index is 2.33. The molecule has 0 saturated carbocycles. The van der Waals surface area contributed by atoms with Gasteiger partial charge in [0, 0.05) is 23.8 Å². The summed E-state index contributed by atoms with van der Waals surface area (Å²) in [5.74, 6) is 0.328. The van der Waals surface area contributed by atoms with Gasteiger partial charge in [-0.05, 0) is 47.1 Å². The Morgan fingerprint density at radius 3 is 2.65 bits per heavy atom. The topological polar surface area (TPSA) is 37.8 Å². The summed E-state index contributed by atoms with van der Waals surface area (Å²) >= 11 is 3.19. The van der Waals surface area contributed by atoms with Gasteiger partial charge >= 0.3 is 0 Å².